The highest BCUT2D eigenvalue weighted by Gasteiger charge is 2.16. The number of thiazole rings is 1. The van der Waals surface area contributed by atoms with Crippen molar-refractivity contribution in [3.8, 4) is 10.9 Å². The summed E-state index contributed by atoms with van der Waals surface area (Å²) in [6.07, 6.45) is 2.40. The molecule has 0 saturated heterocycles. The first-order valence-electron chi connectivity index (χ1n) is 7.90. The maximum absolute atomic E-state index is 10.1. The summed E-state index contributed by atoms with van der Waals surface area (Å²) in [6.45, 7) is 3.90. The molecule has 120 valence electrons. The summed E-state index contributed by atoms with van der Waals surface area (Å²) in [5.41, 5.74) is 1.58. The van der Waals surface area contributed by atoms with E-state index in [4.69, 9.17) is 4.74 Å². The first kappa shape index (κ1) is 16.0. The Kier molecular flexibility index (Phi) is 4.64. The highest BCUT2D eigenvalue weighted by Crippen LogP contribution is 2.31. The minimum atomic E-state index is -0.587. The molecular formula is C19H21NO2S. The van der Waals surface area contributed by atoms with E-state index < -0.39 is 5.60 Å². The van der Waals surface area contributed by atoms with Gasteiger partial charge >= 0.3 is 0 Å². The molecule has 0 bridgehead atoms. The van der Waals surface area contributed by atoms with Gasteiger partial charge in [0.05, 0.1) is 15.8 Å². The van der Waals surface area contributed by atoms with Gasteiger partial charge in [0.15, 0.2) is 0 Å². The number of hydrogen-bond acceptors (Lipinski definition) is 4. The molecule has 1 N–H and O–H groups in total. The van der Waals surface area contributed by atoms with Crippen molar-refractivity contribution in [2.24, 2.45) is 0 Å². The van der Waals surface area contributed by atoms with Crippen LogP contribution in [0, 0.1) is 0 Å². The molecule has 0 spiro atoms. The molecule has 0 aliphatic carbocycles. The topological polar surface area (TPSA) is 42.4 Å². The zero-order valence-electron chi connectivity index (χ0n) is 13.5. The number of benzene rings is 2. The van der Waals surface area contributed by atoms with E-state index in [0.29, 0.717) is 5.19 Å². The maximum atomic E-state index is 10.1. The molecule has 3 nitrogen and oxygen atoms in total. The van der Waals surface area contributed by atoms with Crippen molar-refractivity contribution in [2.45, 2.75) is 38.7 Å². The molecule has 2 aromatic carbocycles. The fourth-order valence-electron chi connectivity index (χ4n) is 2.31. The number of aromatic nitrogens is 1. The summed E-state index contributed by atoms with van der Waals surface area (Å²) < 4.78 is 6.97. The molecule has 1 aromatic heterocycles. The zero-order chi connectivity index (χ0) is 16.3. The summed E-state index contributed by atoms with van der Waals surface area (Å²) in [4.78, 5) is 4.47. The summed E-state index contributed by atoms with van der Waals surface area (Å²) >= 11 is 1.55. The van der Waals surface area contributed by atoms with E-state index in [2.05, 4.69) is 4.98 Å². The Balaban J connectivity index is 1.65. The van der Waals surface area contributed by atoms with E-state index in [1.54, 1.807) is 11.3 Å². The normalized spacial score (nSPS) is 13.9. The minimum Gasteiger partial charge on any atom is -0.431 e. The summed E-state index contributed by atoms with van der Waals surface area (Å²) in [6, 6.07) is 16.0. The SMILES string of the molecule is CCC(C)(O)CCc1ccc(Oc2nc3ccccc3s2)cc1. The summed E-state index contributed by atoms with van der Waals surface area (Å²) in [7, 11) is 0. The highest BCUT2D eigenvalue weighted by atomic mass is 32.1. The number of fused-ring (bicyclic) bond motifs is 1. The van der Waals surface area contributed by atoms with Crippen LogP contribution in [-0.4, -0.2) is 15.7 Å². The number of nitrogens with zero attached hydrogens (tertiary/aromatic N) is 1. The standard InChI is InChI=1S/C19H21NO2S/c1-3-19(2,21)13-12-14-8-10-15(11-9-14)22-18-20-16-6-4-5-7-17(16)23-18/h4-11,21H,3,12-13H2,1-2H3. The van der Waals surface area contributed by atoms with Crippen LogP contribution in [0.25, 0.3) is 10.2 Å². The first-order chi connectivity index (χ1) is 11.1. The quantitative estimate of drug-likeness (QED) is 0.678. The number of para-hydroxylation sites is 1. The number of aliphatic hydroxyl groups is 1. The van der Waals surface area contributed by atoms with Gasteiger partial charge in [-0.05, 0) is 56.0 Å². The van der Waals surface area contributed by atoms with Crippen LogP contribution < -0.4 is 4.74 Å². The van der Waals surface area contributed by atoms with Crippen LogP contribution in [0.4, 0.5) is 0 Å². The molecule has 4 heteroatoms. The average molecular weight is 327 g/mol. The second kappa shape index (κ2) is 6.69. The Bertz CT molecular complexity index is 744. The van der Waals surface area contributed by atoms with E-state index in [1.807, 2.05) is 62.4 Å². The highest BCUT2D eigenvalue weighted by molar-refractivity contribution is 7.20. The molecule has 0 amide bonds. The molecule has 0 aliphatic rings. The maximum Gasteiger partial charge on any atom is 0.279 e. The van der Waals surface area contributed by atoms with Crippen molar-refractivity contribution in [3.63, 3.8) is 0 Å². The molecular weight excluding hydrogens is 306 g/mol. The van der Waals surface area contributed by atoms with Crippen LogP contribution >= 0.6 is 11.3 Å². The monoisotopic (exact) mass is 327 g/mol. The van der Waals surface area contributed by atoms with Crippen LogP contribution in [0.1, 0.15) is 32.3 Å². The molecule has 1 unspecified atom stereocenters. The third kappa shape index (κ3) is 4.09. The number of hydrogen-bond donors (Lipinski definition) is 1. The van der Waals surface area contributed by atoms with Gasteiger partial charge in [-0.1, -0.05) is 42.5 Å². The second-order valence-corrected chi connectivity index (χ2v) is 7.04. The van der Waals surface area contributed by atoms with Gasteiger partial charge in [-0.3, -0.25) is 0 Å². The molecule has 0 radical (unpaired) electrons. The minimum absolute atomic E-state index is 0.587. The first-order valence-corrected chi connectivity index (χ1v) is 8.72. The van der Waals surface area contributed by atoms with E-state index in [9.17, 15) is 5.11 Å². The van der Waals surface area contributed by atoms with E-state index in [-0.39, 0.29) is 0 Å². The third-order valence-corrected chi connectivity index (χ3v) is 5.03. The van der Waals surface area contributed by atoms with Crippen molar-refractivity contribution in [2.75, 3.05) is 0 Å². The molecule has 0 saturated carbocycles. The molecule has 3 rings (SSSR count). The van der Waals surface area contributed by atoms with Crippen LogP contribution in [0.5, 0.6) is 10.9 Å². The largest absolute Gasteiger partial charge is 0.431 e. The van der Waals surface area contributed by atoms with Gasteiger partial charge in [0.25, 0.3) is 5.19 Å². The van der Waals surface area contributed by atoms with Crippen molar-refractivity contribution < 1.29 is 9.84 Å². The van der Waals surface area contributed by atoms with Gasteiger partial charge in [0, 0.05) is 0 Å². The molecule has 23 heavy (non-hydrogen) atoms. The molecule has 1 atom stereocenters. The Hall–Kier alpha value is -1.91. The zero-order valence-corrected chi connectivity index (χ0v) is 14.3. The van der Waals surface area contributed by atoms with Gasteiger partial charge in [-0.2, -0.15) is 0 Å². The van der Waals surface area contributed by atoms with E-state index >= 15 is 0 Å². The second-order valence-electron chi connectivity index (χ2n) is 6.04. The smallest absolute Gasteiger partial charge is 0.279 e. The lowest BCUT2D eigenvalue weighted by molar-refractivity contribution is 0.0473. The van der Waals surface area contributed by atoms with Crippen molar-refractivity contribution in [3.05, 3.63) is 54.1 Å². The van der Waals surface area contributed by atoms with Crippen molar-refractivity contribution >= 4 is 21.6 Å². The average Bonchev–Trinajstić information content (AvgIpc) is 2.96. The predicted octanol–water partition coefficient (Wildman–Crippen LogP) is 5.18. The molecule has 0 aliphatic heterocycles. The van der Waals surface area contributed by atoms with Gasteiger partial charge < -0.3 is 9.84 Å². The van der Waals surface area contributed by atoms with Crippen LogP contribution in [0.15, 0.2) is 48.5 Å². The third-order valence-electron chi connectivity index (χ3n) is 4.12. The van der Waals surface area contributed by atoms with E-state index in [1.165, 1.54) is 5.56 Å². The fourth-order valence-corrected chi connectivity index (χ4v) is 3.14. The Labute approximate surface area is 140 Å². The van der Waals surface area contributed by atoms with Gasteiger partial charge in [-0.15, -0.1) is 0 Å². The van der Waals surface area contributed by atoms with Crippen LogP contribution in [-0.2, 0) is 6.42 Å². The lowest BCUT2D eigenvalue weighted by atomic mass is 9.94. The number of aryl methyl sites for hydroxylation is 1. The van der Waals surface area contributed by atoms with E-state index in [0.717, 1.165) is 35.2 Å². The lowest BCUT2D eigenvalue weighted by Crippen LogP contribution is -2.23. The van der Waals surface area contributed by atoms with Gasteiger partial charge in [0.1, 0.15) is 5.75 Å². The molecule has 0 fully saturated rings. The lowest BCUT2D eigenvalue weighted by Gasteiger charge is -2.20. The van der Waals surface area contributed by atoms with Gasteiger partial charge in [-0.25, -0.2) is 4.98 Å². The molecule has 1 heterocycles. The van der Waals surface area contributed by atoms with Crippen LogP contribution in [0.2, 0.25) is 0 Å². The summed E-state index contributed by atoms with van der Waals surface area (Å²) in [5, 5.41) is 10.7. The van der Waals surface area contributed by atoms with Crippen molar-refractivity contribution in [1.29, 1.82) is 0 Å². The number of ether oxygens (including phenoxy) is 1. The fraction of sp³-hybridized carbons (Fsp3) is 0.316. The van der Waals surface area contributed by atoms with Gasteiger partial charge in [0.2, 0.25) is 0 Å². The predicted molar refractivity (Wildman–Crippen MR) is 95.4 cm³/mol. The molecule has 3 aromatic rings. The van der Waals surface area contributed by atoms with Crippen LogP contribution in [0.3, 0.4) is 0 Å². The number of rotatable bonds is 6. The Morgan fingerprint density at radius 1 is 1.13 bits per heavy atom. The Morgan fingerprint density at radius 2 is 1.87 bits per heavy atom. The Morgan fingerprint density at radius 3 is 2.57 bits per heavy atom. The van der Waals surface area contributed by atoms with Crippen molar-refractivity contribution in [1.82, 2.24) is 4.98 Å². The summed E-state index contributed by atoms with van der Waals surface area (Å²) in [5.74, 6) is 0.787.